The van der Waals surface area contributed by atoms with Gasteiger partial charge in [-0.15, -0.1) is 0 Å². The number of aromatic nitrogens is 2. The second-order valence-electron chi connectivity index (χ2n) is 6.44. The highest BCUT2D eigenvalue weighted by Crippen LogP contribution is 2.33. The Morgan fingerprint density at radius 1 is 1.28 bits per heavy atom. The first kappa shape index (κ1) is 20.9. The molecule has 0 bridgehead atoms. The van der Waals surface area contributed by atoms with Crippen molar-refractivity contribution in [2.75, 3.05) is 5.32 Å². The molecule has 7 nitrogen and oxygen atoms in total. The van der Waals surface area contributed by atoms with Crippen LogP contribution in [0, 0.1) is 17.0 Å². The van der Waals surface area contributed by atoms with E-state index in [9.17, 15) is 14.9 Å². The lowest BCUT2D eigenvalue weighted by Crippen LogP contribution is -2.26. The number of non-ortho nitro benzene ring substituents is 1. The highest BCUT2D eigenvalue weighted by atomic mass is 35.5. The van der Waals surface area contributed by atoms with Gasteiger partial charge in [0.2, 0.25) is 5.91 Å². The van der Waals surface area contributed by atoms with Gasteiger partial charge < -0.3 is 5.32 Å². The third-order valence-electron chi connectivity index (χ3n) is 4.21. The lowest BCUT2D eigenvalue weighted by Gasteiger charge is -2.16. The van der Waals surface area contributed by atoms with Crippen molar-refractivity contribution < 1.29 is 9.72 Å². The number of hydrogen-bond acceptors (Lipinski definition) is 5. The summed E-state index contributed by atoms with van der Waals surface area (Å²) in [5, 5.41) is 18.6. The molecular weight excluding hydrogens is 412 g/mol. The quantitative estimate of drug-likeness (QED) is 0.395. The molecule has 3 rings (SSSR count). The average Bonchev–Trinajstić information content (AvgIpc) is 3.10. The predicted molar refractivity (Wildman–Crippen MR) is 114 cm³/mol. The minimum Gasteiger partial charge on any atom is -0.324 e. The number of nitro groups is 1. The molecule has 0 saturated heterocycles. The fourth-order valence-corrected chi connectivity index (χ4v) is 3.82. The number of nitrogens with one attached hydrogen (secondary N) is 1. The summed E-state index contributed by atoms with van der Waals surface area (Å²) >= 11 is 7.29. The normalized spacial score (nSPS) is 11.8. The Bertz CT molecular complexity index is 1040. The SMILES string of the molecule is CCC(C(=O)Nc1cc(Sc2ccc(C)cc2)cc([N+](=O)[O-])c1)n1cc(Cl)cn1. The number of hydrogen-bond donors (Lipinski definition) is 1. The zero-order valence-electron chi connectivity index (χ0n) is 15.8. The molecule has 29 heavy (non-hydrogen) atoms. The van der Waals surface area contributed by atoms with Crippen LogP contribution in [-0.2, 0) is 4.79 Å². The van der Waals surface area contributed by atoms with Crippen molar-refractivity contribution in [2.45, 2.75) is 36.1 Å². The van der Waals surface area contributed by atoms with Gasteiger partial charge >= 0.3 is 0 Å². The first-order valence-corrected chi connectivity index (χ1v) is 10.1. The maximum absolute atomic E-state index is 12.7. The van der Waals surface area contributed by atoms with Gasteiger partial charge in [0, 0.05) is 33.8 Å². The summed E-state index contributed by atoms with van der Waals surface area (Å²) in [5.74, 6) is -0.320. The van der Waals surface area contributed by atoms with Gasteiger partial charge in [-0.1, -0.05) is 48.0 Å². The largest absolute Gasteiger partial charge is 0.324 e. The summed E-state index contributed by atoms with van der Waals surface area (Å²) < 4.78 is 1.48. The van der Waals surface area contributed by atoms with Crippen LogP contribution in [-0.4, -0.2) is 20.6 Å². The van der Waals surface area contributed by atoms with Crippen molar-refractivity contribution in [3.05, 3.63) is 75.6 Å². The van der Waals surface area contributed by atoms with Crippen LogP contribution in [0.1, 0.15) is 24.9 Å². The van der Waals surface area contributed by atoms with Crippen LogP contribution in [0.5, 0.6) is 0 Å². The second-order valence-corrected chi connectivity index (χ2v) is 8.02. The van der Waals surface area contributed by atoms with Gasteiger partial charge in [0.05, 0.1) is 16.1 Å². The second kappa shape index (κ2) is 9.11. The fraction of sp³-hybridized carbons (Fsp3) is 0.200. The molecule has 1 unspecified atom stereocenters. The monoisotopic (exact) mass is 430 g/mol. The van der Waals surface area contributed by atoms with E-state index in [4.69, 9.17) is 11.6 Å². The Balaban J connectivity index is 1.85. The van der Waals surface area contributed by atoms with Crippen molar-refractivity contribution >= 4 is 40.6 Å². The summed E-state index contributed by atoms with van der Waals surface area (Å²) in [4.78, 5) is 25.2. The molecule has 0 spiro atoms. The number of carbonyl (C=O) groups is 1. The number of anilines is 1. The van der Waals surface area contributed by atoms with Crippen molar-refractivity contribution in [3.8, 4) is 0 Å². The van der Waals surface area contributed by atoms with Crippen LogP contribution in [0.15, 0.2) is 64.6 Å². The molecule has 150 valence electrons. The molecule has 0 radical (unpaired) electrons. The molecular formula is C20H19ClN4O3S. The van der Waals surface area contributed by atoms with Crippen molar-refractivity contribution in [1.82, 2.24) is 9.78 Å². The van der Waals surface area contributed by atoms with Gasteiger partial charge in [0.1, 0.15) is 6.04 Å². The Kier molecular flexibility index (Phi) is 6.56. The summed E-state index contributed by atoms with van der Waals surface area (Å²) in [6.07, 6.45) is 3.52. The minimum absolute atomic E-state index is 0.0902. The molecule has 0 aliphatic carbocycles. The molecule has 0 saturated carbocycles. The number of benzene rings is 2. The number of rotatable bonds is 7. The number of halogens is 1. The number of nitrogens with zero attached hydrogens (tertiary/aromatic N) is 3. The highest BCUT2D eigenvalue weighted by molar-refractivity contribution is 7.99. The van der Waals surface area contributed by atoms with E-state index >= 15 is 0 Å². The van der Waals surface area contributed by atoms with E-state index in [2.05, 4.69) is 10.4 Å². The van der Waals surface area contributed by atoms with Crippen LogP contribution in [0.3, 0.4) is 0 Å². The van der Waals surface area contributed by atoms with Gasteiger partial charge in [-0.25, -0.2) is 0 Å². The third kappa shape index (κ3) is 5.36. The molecule has 0 fully saturated rings. The Hall–Kier alpha value is -2.84. The fourth-order valence-electron chi connectivity index (χ4n) is 2.77. The zero-order valence-corrected chi connectivity index (χ0v) is 17.4. The molecule has 1 atom stereocenters. The number of nitro benzene ring substituents is 1. The van der Waals surface area contributed by atoms with Gasteiger partial charge in [0.15, 0.2) is 0 Å². The molecule has 1 amide bonds. The van der Waals surface area contributed by atoms with Gasteiger partial charge in [-0.3, -0.25) is 19.6 Å². The number of aryl methyl sites for hydroxylation is 1. The van der Waals surface area contributed by atoms with Crippen LogP contribution in [0.25, 0.3) is 0 Å². The Morgan fingerprint density at radius 2 is 2.00 bits per heavy atom. The topological polar surface area (TPSA) is 90.1 Å². The van der Waals surface area contributed by atoms with Crippen LogP contribution < -0.4 is 5.32 Å². The van der Waals surface area contributed by atoms with Crippen molar-refractivity contribution in [2.24, 2.45) is 0 Å². The Labute approximate surface area is 177 Å². The average molecular weight is 431 g/mol. The molecule has 3 aromatic rings. The summed E-state index contributed by atoms with van der Waals surface area (Å²) in [6, 6.07) is 11.8. The molecule has 0 aliphatic heterocycles. The molecule has 0 aliphatic rings. The third-order valence-corrected chi connectivity index (χ3v) is 5.38. The van der Waals surface area contributed by atoms with E-state index < -0.39 is 11.0 Å². The molecule has 1 aromatic heterocycles. The van der Waals surface area contributed by atoms with E-state index in [1.807, 2.05) is 38.1 Å². The van der Waals surface area contributed by atoms with E-state index in [-0.39, 0.29) is 11.6 Å². The lowest BCUT2D eigenvalue weighted by atomic mass is 10.2. The summed E-state index contributed by atoms with van der Waals surface area (Å²) in [7, 11) is 0. The van der Waals surface area contributed by atoms with Gasteiger partial charge in [-0.05, 0) is 31.5 Å². The number of carbonyl (C=O) groups excluding carboxylic acids is 1. The first-order valence-electron chi connectivity index (χ1n) is 8.90. The van der Waals surface area contributed by atoms with E-state index in [0.717, 1.165) is 10.5 Å². The smallest absolute Gasteiger partial charge is 0.272 e. The standard InChI is InChI=1S/C20H19ClN4O3S/c1-3-19(24-12-14(21)11-22-24)20(26)23-15-8-16(25(27)28)10-18(9-15)29-17-6-4-13(2)5-7-17/h4-12,19H,3H2,1-2H3,(H,23,26). The highest BCUT2D eigenvalue weighted by Gasteiger charge is 2.21. The summed E-state index contributed by atoms with van der Waals surface area (Å²) in [5.41, 5.74) is 1.40. The Morgan fingerprint density at radius 3 is 2.59 bits per heavy atom. The zero-order chi connectivity index (χ0) is 21.0. The van der Waals surface area contributed by atoms with Gasteiger partial charge in [0.25, 0.3) is 5.69 Å². The summed E-state index contributed by atoms with van der Waals surface area (Å²) in [6.45, 7) is 3.85. The lowest BCUT2D eigenvalue weighted by molar-refractivity contribution is -0.385. The van der Waals surface area contributed by atoms with E-state index in [0.29, 0.717) is 22.0 Å². The maximum Gasteiger partial charge on any atom is 0.272 e. The van der Waals surface area contributed by atoms with E-state index in [1.54, 1.807) is 12.3 Å². The van der Waals surface area contributed by atoms with Crippen LogP contribution >= 0.6 is 23.4 Å². The number of amides is 1. The first-order chi connectivity index (χ1) is 13.9. The van der Waals surface area contributed by atoms with Crippen LogP contribution in [0.4, 0.5) is 11.4 Å². The maximum atomic E-state index is 12.7. The molecule has 2 aromatic carbocycles. The van der Waals surface area contributed by atoms with Crippen LogP contribution in [0.2, 0.25) is 5.02 Å². The van der Waals surface area contributed by atoms with Crippen molar-refractivity contribution in [3.63, 3.8) is 0 Å². The predicted octanol–water partition coefficient (Wildman–Crippen LogP) is 5.49. The molecule has 9 heteroatoms. The molecule has 1 heterocycles. The molecule has 1 N–H and O–H groups in total. The van der Waals surface area contributed by atoms with Gasteiger partial charge in [-0.2, -0.15) is 5.10 Å². The minimum atomic E-state index is -0.574. The van der Waals surface area contributed by atoms with E-state index in [1.165, 1.54) is 34.8 Å². The van der Waals surface area contributed by atoms with Crippen molar-refractivity contribution in [1.29, 1.82) is 0 Å².